The van der Waals surface area contributed by atoms with Gasteiger partial charge in [-0.2, -0.15) is 0 Å². The molecule has 0 saturated heterocycles. The van der Waals surface area contributed by atoms with E-state index in [0.29, 0.717) is 11.1 Å². The Morgan fingerprint density at radius 2 is 2.26 bits per heavy atom. The van der Waals surface area contributed by atoms with Crippen LogP contribution in [0.3, 0.4) is 0 Å². The zero-order valence-electron chi connectivity index (χ0n) is 9.98. The number of hydrogen-bond donors (Lipinski definition) is 1. The highest BCUT2D eigenvalue weighted by molar-refractivity contribution is 5.84. The molecule has 0 atom stereocenters. The van der Waals surface area contributed by atoms with Crippen LogP contribution in [-0.2, 0) is 6.54 Å². The van der Waals surface area contributed by atoms with Crippen LogP contribution in [0.15, 0.2) is 24.4 Å². The van der Waals surface area contributed by atoms with Gasteiger partial charge in [-0.1, -0.05) is 17.3 Å². The number of aromatic nitrogens is 3. The molecule has 0 aliphatic rings. The largest absolute Gasteiger partial charge is 0.476 e. The van der Waals surface area contributed by atoms with Crippen LogP contribution in [-0.4, -0.2) is 31.0 Å². The molecule has 0 spiro atoms. The van der Waals surface area contributed by atoms with Crippen molar-refractivity contribution in [3.63, 3.8) is 0 Å². The van der Waals surface area contributed by atoms with Crippen LogP contribution in [0.2, 0.25) is 0 Å². The summed E-state index contributed by atoms with van der Waals surface area (Å²) in [4.78, 5) is 21.0. The topological polar surface area (TPSA) is 111 Å². The minimum atomic E-state index is -1.16. The van der Waals surface area contributed by atoms with Gasteiger partial charge in [0.2, 0.25) is 0 Å². The van der Waals surface area contributed by atoms with Crippen molar-refractivity contribution in [1.82, 2.24) is 15.0 Å². The lowest BCUT2D eigenvalue weighted by atomic mass is 10.1. The van der Waals surface area contributed by atoms with Crippen LogP contribution in [0, 0.1) is 17.0 Å². The third-order valence-corrected chi connectivity index (χ3v) is 2.70. The number of hydrogen-bond acceptors (Lipinski definition) is 5. The minimum absolute atomic E-state index is 0.0241. The molecule has 1 aromatic carbocycles. The van der Waals surface area contributed by atoms with Gasteiger partial charge in [0, 0.05) is 11.6 Å². The Bertz CT molecular complexity index is 650. The van der Waals surface area contributed by atoms with Gasteiger partial charge in [-0.05, 0) is 12.5 Å². The Morgan fingerprint density at radius 3 is 2.84 bits per heavy atom. The van der Waals surface area contributed by atoms with Crippen molar-refractivity contribution >= 4 is 11.7 Å². The summed E-state index contributed by atoms with van der Waals surface area (Å²) in [6, 6.07) is 4.73. The first-order valence-corrected chi connectivity index (χ1v) is 5.35. The lowest BCUT2D eigenvalue weighted by molar-refractivity contribution is -0.385. The van der Waals surface area contributed by atoms with Gasteiger partial charge in [-0.25, -0.2) is 9.48 Å². The van der Waals surface area contributed by atoms with Crippen molar-refractivity contribution in [3.05, 3.63) is 51.3 Å². The second-order valence-corrected chi connectivity index (χ2v) is 3.92. The smallest absolute Gasteiger partial charge is 0.358 e. The fraction of sp³-hybridized carbons (Fsp3) is 0.182. The van der Waals surface area contributed by atoms with E-state index in [1.54, 1.807) is 19.1 Å². The average Bonchev–Trinajstić information content (AvgIpc) is 2.80. The molecule has 98 valence electrons. The molecule has 1 heterocycles. The van der Waals surface area contributed by atoms with Gasteiger partial charge >= 0.3 is 5.97 Å². The maximum Gasteiger partial charge on any atom is 0.358 e. The van der Waals surface area contributed by atoms with Gasteiger partial charge in [0.15, 0.2) is 5.69 Å². The first-order valence-electron chi connectivity index (χ1n) is 5.35. The SMILES string of the molecule is Cc1c(Cn2cc(C(=O)O)nn2)cccc1[N+](=O)[O-]. The number of nitrogens with zero attached hydrogens (tertiary/aromatic N) is 4. The summed E-state index contributed by atoms with van der Waals surface area (Å²) in [5, 5.41) is 26.7. The Kier molecular flexibility index (Phi) is 3.23. The van der Waals surface area contributed by atoms with Crippen molar-refractivity contribution in [2.24, 2.45) is 0 Å². The number of rotatable bonds is 4. The maximum atomic E-state index is 10.8. The summed E-state index contributed by atoms with van der Waals surface area (Å²) in [6.45, 7) is 1.87. The molecule has 2 rings (SSSR count). The molecule has 0 radical (unpaired) electrons. The van der Waals surface area contributed by atoms with Crippen LogP contribution >= 0.6 is 0 Å². The highest BCUT2D eigenvalue weighted by atomic mass is 16.6. The second-order valence-electron chi connectivity index (χ2n) is 3.92. The molecule has 0 unspecified atom stereocenters. The van der Waals surface area contributed by atoms with Crippen LogP contribution < -0.4 is 0 Å². The number of carbonyl (C=O) groups is 1. The minimum Gasteiger partial charge on any atom is -0.476 e. The molecule has 0 amide bonds. The normalized spacial score (nSPS) is 10.4. The molecule has 1 aromatic heterocycles. The third-order valence-electron chi connectivity index (χ3n) is 2.70. The summed E-state index contributed by atoms with van der Waals surface area (Å²) >= 11 is 0. The zero-order chi connectivity index (χ0) is 14.0. The van der Waals surface area contributed by atoms with Gasteiger partial charge in [0.1, 0.15) is 0 Å². The molecule has 2 aromatic rings. The number of nitro groups is 1. The van der Waals surface area contributed by atoms with Gasteiger partial charge in [0.05, 0.1) is 17.7 Å². The molecule has 8 heteroatoms. The van der Waals surface area contributed by atoms with E-state index in [4.69, 9.17) is 5.11 Å². The number of carboxylic acids is 1. The summed E-state index contributed by atoms with van der Waals surface area (Å²) in [5.41, 5.74) is 1.08. The monoisotopic (exact) mass is 262 g/mol. The fourth-order valence-corrected chi connectivity index (χ4v) is 1.69. The van der Waals surface area contributed by atoms with E-state index in [1.165, 1.54) is 16.9 Å². The third kappa shape index (κ3) is 2.57. The van der Waals surface area contributed by atoms with E-state index in [0.717, 1.165) is 0 Å². The predicted molar refractivity (Wildman–Crippen MR) is 63.9 cm³/mol. The molecular formula is C11H10N4O4. The molecule has 1 N–H and O–H groups in total. The zero-order valence-corrected chi connectivity index (χ0v) is 9.98. The highest BCUT2D eigenvalue weighted by Crippen LogP contribution is 2.21. The van der Waals surface area contributed by atoms with Crippen LogP contribution in [0.4, 0.5) is 5.69 Å². The fourth-order valence-electron chi connectivity index (χ4n) is 1.69. The number of carboxylic acid groups (broad SMARTS) is 1. The van der Waals surface area contributed by atoms with Crippen molar-refractivity contribution in [2.45, 2.75) is 13.5 Å². The second kappa shape index (κ2) is 4.84. The molecule has 0 aliphatic heterocycles. The van der Waals surface area contributed by atoms with Gasteiger partial charge in [-0.3, -0.25) is 10.1 Å². The molecule has 8 nitrogen and oxygen atoms in total. The van der Waals surface area contributed by atoms with Crippen LogP contribution in [0.1, 0.15) is 21.6 Å². The van der Waals surface area contributed by atoms with E-state index in [1.807, 2.05) is 0 Å². The van der Waals surface area contributed by atoms with E-state index >= 15 is 0 Å². The lowest BCUT2D eigenvalue weighted by Crippen LogP contribution is -2.04. The van der Waals surface area contributed by atoms with E-state index in [-0.39, 0.29) is 17.9 Å². The van der Waals surface area contributed by atoms with E-state index in [9.17, 15) is 14.9 Å². The quantitative estimate of drug-likeness (QED) is 0.655. The van der Waals surface area contributed by atoms with Crippen LogP contribution in [0.5, 0.6) is 0 Å². The molecule has 0 fully saturated rings. The van der Waals surface area contributed by atoms with Gasteiger partial charge in [0.25, 0.3) is 5.69 Å². The Morgan fingerprint density at radius 1 is 1.53 bits per heavy atom. The van der Waals surface area contributed by atoms with E-state index in [2.05, 4.69) is 10.3 Å². The summed E-state index contributed by atoms with van der Waals surface area (Å²) in [6.07, 6.45) is 1.28. The standard InChI is InChI=1S/C11H10N4O4/c1-7-8(3-2-4-10(7)15(18)19)5-14-6-9(11(16)17)12-13-14/h2-4,6H,5H2,1H3,(H,16,17). The van der Waals surface area contributed by atoms with Crippen molar-refractivity contribution < 1.29 is 14.8 Å². The molecule has 0 bridgehead atoms. The average molecular weight is 262 g/mol. The van der Waals surface area contributed by atoms with Crippen molar-refractivity contribution in [3.8, 4) is 0 Å². The van der Waals surface area contributed by atoms with Crippen LogP contribution in [0.25, 0.3) is 0 Å². The molecule has 0 aliphatic carbocycles. The summed E-state index contributed by atoms with van der Waals surface area (Å²) < 4.78 is 1.33. The van der Waals surface area contributed by atoms with Gasteiger partial charge < -0.3 is 5.11 Å². The molecule has 19 heavy (non-hydrogen) atoms. The van der Waals surface area contributed by atoms with Crippen molar-refractivity contribution in [1.29, 1.82) is 0 Å². The predicted octanol–water partition coefficient (Wildman–Crippen LogP) is 1.24. The Hall–Kier alpha value is -2.77. The summed E-state index contributed by atoms with van der Waals surface area (Å²) in [7, 11) is 0. The van der Waals surface area contributed by atoms with E-state index < -0.39 is 10.9 Å². The highest BCUT2D eigenvalue weighted by Gasteiger charge is 2.14. The number of aromatic carboxylic acids is 1. The first-order chi connectivity index (χ1) is 8.99. The molecular weight excluding hydrogens is 252 g/mol. The van der Waals surface area contributed by atoms with Gasteiger partial charge in [-0.15, -0.1) is 5.10 Å². The lowest BCUT2D eigenvalue weighted by Gasteiger charge is -2.05. The maximum absolute atomic E-state index is 10.8. The molecule has 0 saturated carbocycles. The first kappa shape index (κ1) is 12.7. The Labute approximate surface area is 107 Å². The van der Waals surface area contributed by atoms with Crippen molar-refractivity contribution in [2.75, 3.05) is 0 Å². The number of nitro benzene ring substituents is 1. The summed E-state index contributed by atoms with van der Waals surface area (Å²) in [5.74, 6) is -1.16. The number of benzene rings is 1. The Balaban J connectivity index is 2.30.